The number of halogens is 1. The molecule has 0 aliphatic rings. The number of carbonyl (C=O) groups excluding carboxylic acids is 1. The van der Waals surface area contributed by atoms with Crippen molar-refractivity contribution in [1.29, 1.82) is 0 Å². The number of amides is 1. The van der Waals surface area contributed by atoms with Gasteiger partial charge in [-0.25, -0.2) is 0 Å². The van der Waals surface area contributed by atoms with Gasteiger partial charge in [-0.05, 0) is 54.8 Å². The second-order valence-corrected chi connectivity index (χ2v) is 6.50. The van der Waals surface area contributed by atoms with E-state index in [9.17, 15) is 4.79 Å². The number of aryl methyl sites for hydroxylation is 1. The molecule has 5 heteroatoms. The van der Waals surface area contributed by atoms with Crippen molar-refractivity contribution in [2.45, 2.75) is 20.8 Å². The maximum absolute atomic E-state index is 12.0. The molecule has 0 bridgehead atoms. The monoisotopic (exact) mass is 346 g/mol. The van der Waals surface area contributed by atoms with Gasteiger partial charge in [-0.15, -0.1) is 0 Å². The summed E-state index contributed by atoms with van der Waals surface area (Å²) in [5, 5.41) is 6.57. The van der Waals surface area contributed by atoms with Crippen LogP contribution < -0.4 is 15.4 Å². The molecule has 2 aromatic rings. The van der Waals surface area contributed by atoms with E-state index in [1.54, 1.807) is 0 Å². The van der Waals surface area contributed by atoms with Gasteiger partial charge in [-0.3, -0.25) is 4.79 Å². The lowest BCUT2D eigenvalue weighted by atomic mass is 10.2. The first-order chi connectivity index (χ1) is 11.4. The summed E-state index contributed by atoms with van der Waals surface area (Å²) in [6, 6.07) is 13.0. The average Bonchev–Trinajstić information content (AvgIpc) is 2.55. The molecule has 2 aromatic carbocycles. The van der Waals surface area contributed by atoms with Crippen LogP contribution in [0.3, 0.4) is 0 Å². The highest BCUT2D eigenvalue weighted by Crippen LogP contribution is 2.20. The Hall–Kier alpha value is -2.20. The SMILES string of the molecule is Cc1ccc(NCC(=O)Nc2ccc(OCC(C)C)cc2)cc1Cl. The molecule has 1 amide bonds. The van der Waals surface area contributed by atoms with Crippen molar-refractivity contribution in [3.63, 3.8) is 0 Å². The fraction of sp³-hybridized carbons (Fsp3) is 0.316. The molecule has 4 nitrogen and oxygen atoms in total. The molecule has 2 rings (SSSR count). The maximum atomic E-state index is 12.0. The van der Waals surface area contributed by atoms with Crippen LogP contribution in [0.25, 0.3) is 0 Å². The first-order valence-electron chi connectivity index (χ1n) is 7.97. The van der Waals surface area contributed by atoms with Crippen LogP contribution in [0.2, 0.25) is 5.02 Å². The van der Waals surface area contributed by atoms with Crippen LogP contribution in [-0.4, -0.2) is 19.1 Å². The molecule has 0 saturated carbocycles. The smallest absolute Gasteiger partial charge is 0.243 e. The molecular weight excluding hydrogens is 324 g/mol. The van der Waals surface area contributed by atoms with E-state index in [0.29, 0.717) is 17.5 Å². The van der Waals surface area contributed by atoms with Gasteiger partial charge >= 0.3 is 0 Å². The van der Waals surface area contributed by atoms with E-state index in [4.69, 9.17) is 16.3 Å². The topological polar surface area (TPSA) is 50.4 Å². The molecule has 0 fully saturated rings. The van der Waals surface area contributed by atoms with Gasteiger partial charge < -0.3 is 15.4 Å². The molecule has 0 radical (unpaired) electrons. The molecule has 0 aliphatic carbocycles. The molecule has 0 saturated heterocycles. The molecule has 128 valence electrons. The van der Waals surface area contributed by atoms with Crippen LogP contribution in [0.15, 0.2) is 42.5 Å². The minimum Gasteiger partial charge on any atom is -0.493 e. The molecule has 0 aliphatic heterocycles. The lowest BCUT2D eigenvalue weighted by Crippen LogP contribution is -2.21. The van der Waals surface area contributed by atoms with E-state index < -0.39 is 0 Å². The standard InChI is InChI=1S/C19H23ClN2O2/c1-13(2)12-24-17-8-6-15(7-9-17)22-19(23)11-21-16-5-4-14(3)18(20)10-16/h4-10,13,21H,11-12H2,1-3H3,(H,22,23). The summed E-state index contributed by atoms with van der Waals surface area (Å²) in [7, 11) is 0. The van der Waals surface area contributed by atoms with Crippen LogP contribution in [0.5, 0.6) is 5.75 Å². The van der Waals surface area contributed by atoms with Gasteiger partial charge in [-0.1, -0.05) is 31.5 Å². The normalized spacial score (nSPS) is 10.5. The van der Waals surface area contributed by atoms with Gasteiger partial charge in [0.05, 0.1) is 13.2 Å². The molecule has 0 aromatic heterocycles. The van der Waals surface area contributed by atoms with Crippen LogP contribution in [-0.2, 0) is 4.79 Å². The third kappa shape index (κ3) is 5.78. The predicted molar refractivity (Wildman–Crippen MR) is 100 cm³/mol. The molecular formula is C19H23ClN2O2. The molecule has 0 spiro atoms. The van der Waals surface area contributed by atoms with Crippen LogP contribution in [0.1, 0.15) is 19.4 Å². The lowest BCUT2D eigenvalue weighted by molar-refractivity contribution is -0.114. The summed E-state index contributed by atoms with van der Waals surface area (Å²) in [5.74, 6) is 1.15. The molecule has 0 unspecified atom stereocenters. The summed E-state index contributed by atoms with van der Waals surface area (Å²) in [6.45, 7) is 6.98. The number of hydrogen-bond acceptors (Lipinski definition) is 3. The van der Waals surface area contributed by atoms with Crippen LogP contribution in [0, 0.1) is 12.8 Å². The zero-order chi connectivity index (χ0) is 17.5. The Morgan fingerprint density at radius 2 is 1.79 bits per heavy atom. The Morgan fingerprint density at radius 1 is 1.12 bits per heavy atom. The summed E-state index contributed by atoms with van der Waals surface area (Å²) < 4.78 is 5.62. The largest absolute Gasteiger partial charge is 0.493 e. The predicted octanol–water partition coefficient (Wildman–Crippen LogP) is 4.73. The van der Waals surface area contributed by atoms with Gasteiger partial charge in [0.25, 0.3) is 0 Å². The Kier molecular flexibility index (Phi) is 6.50. The third-order valence-corrected chi connectivity index (χ3v) is 3.75. The number of carbonyl (C=O) groups is 1. The Morgan fingerprint density at radius 3 is 2.42 bits per heavy atom. The summed E-state index contributed by atoms with van der Waals surface area (Å²) in [4.78, 5) is 12.0. The Labute approximate surface area is 148 Å². The third-order valence-electron chi connectivity index (χ3n) is 3.35. The number of nitrogens with one attached hydrogen (secondary N) is 2. The fourth-order valence-corrected chi connectivity index (χ4v) is 2.17. The maximum Gasteiger partial charge on any atom is 0.243 e. The molecule has 0 atom stereocenters. The second kappa shape index (κ2) is 8.60. The van der Waals surface area contributed by atoms with E-state index in [1.807, 2.05) is 49.4 Å². The highest BCUT2D eigenvalue weighted by atomic mass is 35.5. The number of rotatable bonds is 7. The van der Waals surface area contributed by atoms with E-state index in [0.717, 1.165) is 22.7 Å². The van der Waals surface area contributed by atoms with Crippen molar-refractivity contribution in [3.05, 3.63) is 53.1 Å². The Balaban J connectivity index is 1.82. The highest BCUT2D eigenvalue weighted by Gasteiger charge is 2.04. The lowest BCUT2D eigenvalue weighted by Gasteiger charge is -2.11. The van der Waals surface area contributed by atoms with Crippen molar-refractivity contribution in [1.82, 2.24) is 0 Å². The summed E-state index contributed by atoms with van der Waals surface area (Å²) >= 11 is 6.07. The van der Waals surface area contributed by atoms with E-state index in [-0.39, 0.29) is 12.5 Å². The Bertz CT molecular complexity index is 684. The van der Waals surface area contributed by atoms with Gasteiger partial charge in [0.15, 0.2) is 0 Å². The fourth-order valence-electron chi connectivity index (χ4n) is 1.99. The summed E-state index contributed by atoms with van der Waals surface area (Å²) in [5.41, 5.74) is 2.56. The highest BCUT2D eigenvalue weighted by molar-refractivity contribution is 6.31. The first kappa shape index (κ1) is 18.1. The zero-order valence-corrected chi connectivity index (χ0v) is 15.0. The van der Waals surface area contributed by atoms with Gasteiger partial charge in [0, 0.05) is 16.4 Å². The number of ether oxygens (including phenoxy) is 1. The van der Waals surface area contributed by atoms with Crippen molar-refractivity contribution >= 4 is 28.9 Å². The van der Waals surface area contributed by atoms with Crippen molar-refractivity contribution < 1.29 is 9.53 Å². The first-order valence-corrected chi connectivity index (χ1v) is 8.34. The molecule has 2 N–H and O–H groups in total. The molecule has 24 heavy (non-hydrogen) atoms. The minimum atomic E-state index is -0.123. The average molecular weight is 347 g/mol. The van der Waals surface area contributed by atoms with Gasteiger partial charge in [0.1, 0.15) is 5.75 Å². The number of hydrogen-bond donors (Lipinski definition) is 2. The van der Waals surface area contributed by atoms with Gasteiger partial charge in [-0.2, -0.15) is 0 Å². The quantitative estimate of drug-likeness (QED) is 0.761. The van der Waals surface area contributed by atoms with Crippen LogP contribution >= 0.6 is 11.6 Å². The van der Waals surface area contributed by atoms with E-state index in [2.05, 4.69) is 24.5 Å². The van der Waals surface area contributed by atoms with E-state index >= 15 is 0 Å². The van der Waals surface area contributed by atoms with Crippen LogP contribution in [0.4, 0.5) is 11.4 Å². The number of benzene rings is 2. The van der Waals surface area contributed by atoms with Gasteiger partial charge in [0.2, 0.25) is 5.91 Å². The van der Waals surface area contributed by atoms with Crippen molar-refractivity contribution in [2.24, 2.45) is 5.92 Å². The molecule has 0 heterocycles. The van der Waals surface area contributed by atoms with Crippen molar-refractivity contribution in [3.8, 4) is 5.75 Å². The second-order valence-electron chi connectivity index (χ2n) is 6.09. The minimum absolute atomic E-state index is 0.123. The van der Waals surface area contributed by atoms with Crippen molar-refractivity contribution in [2.75, 3.05) is 23.8 Å². The van der Waals surface area contributed by atoms with E-state index in [1.165, 1.54) is 0 Å². The zero-order valence-electron chi connectivity index (χ0n) is 14.2. The summed E-state index contributed by atoms with van der Waals surface area (Å²) in [6.07, 6.45) is 0. The number of anilines is 2.